The first-order valence-electron chi connectivity index (χ1n) is 8.15. The molecular weight excluding hydrogens is 417 g/mol. The maximum Gasteiger partial charge on any atom is 0.417 e. The minimum absolute atomic E-state index is 0.310. The lowest BCUT2D eigenvalue weighted by molar-refractivity contribution is -0.137. The number of carbonyl (C=O) groups is 1. The fraction of sp³-hybridized carbons (Fsp3) is 0.278. The number of halogens is 4. The van der Waals surface area contributed by atoms with Crippen molar-refractivity contribution >= 4 is 38.9 Å². The summed E-state index contributed by atoms with van der Waals surface area (Å²) in [6, 6.07) is 9.59. The molecule has 0 aliphatic carbocycles. The van der Waals surface area contributed by atoms with E-state index >= 15 is 0 Å². The van der Waals surface area contributed by atoms with Gasteiger partial charge in [0.05, 0.1) is 22.5 Å². The molecule has 0 bridgehead atoms. The molecule has 0 aliphatic heterocycles. The second-order valence-electron chi connectivity index (χ2n) is 6.03. The third kappa shape index (κ3) is 5.62. The van der Waals surface area contributed by atoms with E-state index in [2.05, 4.69) is 5.32 Å². The Morgan fingerprint density at radius 2 is 1.75 bits per heavy atom. The molecule has 0 saturated carbocycles. The number of benzene rings is 2. The molecule has 10 heteroatoms. The van der Waals surface area contributed by atoms with E-state index in [9.17, 15) is 26.4 Å². The van der Waals surface area contributed by atoms with Gasteiger partial charge in [0.25, 0.3) is 0 Å². The van der Waals surface area contributed by atoms with E-state index < -0.39 is 39.2 Å². The number of carbonyl (C=O) groups excluding carboxylic acids is 1. The monoisotopic (exact) mass is 434 g/mol. The van der Waals surface area contributed by atoms with Crippen LogP contribution in [-0.4, -0.2) is 27.1 Å². The molecule has 0 spiro atoms. The van der Waals surface area contributed by atoms with Gasteiger partial charge in [0, 0.05) is 5.69 Å². The number of hydrogen-bond acceptors (Lipinski definition) is 3. The highest BCUT2D eigenvalue weighted by Crippen LogP contribution is 2.37. The van der Waals surface area contributed by atoms with Crippen molar-refractivity contribution in [2.75, 3.05) is 22.4 Å². The van der Waals surface area contributed by atoms with E-state index in [1.54, 1.807) is 24.3 Å². The molecule has 0 unspecified atom stereocenters. The Kier molecular flexibility index (Phi) is 6.61. The first kappa shape index (κ1) is 22.0. The van der Waals surface area contributed by atoms with Crippen LogP contribution < -0.4 is 9.62 Å². The molecule has 2 rings (SSSR count). The Bertz CT molecular complexity index is 961. The number of amides is 1. The molecular formula is C18H18ClF3N2O3S. The molecule has 0 heterocycles. The second-order valence-corrected chi connectivity index (χ2v) is 8.34. The van der Waals surface area contributed by atoms with Crippen LogP contribution >= 0.6 is 11.6 Å². The average molecular weight is 435 g/mol. The van der Waals surface area contributed by atoms with Gasteiger partial charge in [-0.05, 0) is 42.3 Å². The van der Waals surface area contributed by atoms with Crippen LogP contribution in [0.25, 0.3) is 0 Å². The number of anilines is 2. The smallest absolute Gasteiger partial charge is 0.325 e. The maximum absolute atomic E-state index is 13.1. The number of hydrogen-bond donors (Lipinski definition) is 1. The van der Waals surface area contributed by atoms with Gasteiger partial charge in [-0.2, -0.15) is 13.2 Å². The predicted octanol–water partition coefficient (Wildman–Crippen LogP) is 4.33. The van der Waals surface area contributed by atoms with Gasteiger partial charge >= 0.3 is 6.18 Å². The van der Waals surface area contributed by atoms with Crippen molar-refractivity contribution in [3.05, 3.63) is 58.6 Å². The summed E-state index contributed by atoms with van der Waals surface area (Å²) in [7, 11) is -4.03. The van der Waals surface area contributed by atoms with Crippen molar-refractivity contribution in [1.82, 2.24) is 0 Å². The van der Waals surface area contributed by atoms with Crippen LogP contribution in [0.5, 0.6) is 0 Å². The third-order valence-electron chi connectivity index (χ3n) is 3.88. The number of sulfonamides is 1. The van der Waals surface area contributed by atoms with Crippen LogP contribution in [0.4, 0.5) is 24.5 Å². The van der Waals surface area contributed by atoms with Gasteiger partial charge in [0.2, 0.25) is 15.9 Å². The van der Waals surface area contributed by atoms with Gasteiger partial charge in [0.15, 0.2) is 0 Å². The molecule has 0 fully saturated rings. The lowest BCUT2D eigenvalue weighted by Crippen LogP contribution is -2.37. The zero-order valence-corrected chi connectivity index (χ0v) is 16.6. The highest BCUT2D eigenvalue weighted by atomic mass is 35.5. The van der Waals surface area contributed by atoms with E-state index in [0.29, 0.717) is 16.1 Å². The summed E-state index contributed by atoms with van der Waals surface area (Å²) in [6.07, 6.45) is -3.15. The van der Waals surface area contributed by atoms with Crippen molar-refractivity contribution in [2.24, 2.45) is 0 Å². The minimum Gasteiger partial charge on any atom is -0.325 e. The van der Waals surface area contributed by atoms with Crippen molar-refractivity contribution in [3.63, 3.8) is 0 Å². The average Bonchev–Trinajstić information content (AvgIpc) is 2.59. The number of alkyl halides is 3. The van der Waals surface area contributed by atoms with E-state index in [4.69, 9.17) is 11.6 Å². The summed E-state index contributed by atoms with van der Waals surface area (Å²) >= 11 is 5.57. The van der Waals surface area contributed by atoms with Gasteiger partial charge in [0.1, 0.15) is 6.54 Å². The highest BCUT2D eigenvalue weighted by molar-refractivity contribution is 7.92. The predicted molar refractivity (Wildman–Crippen MR) is 103 cm³/mol. The Labute approximate surface area is 166 Å². The zero-order valence-electron chi connectivity index (χ0n) is 15.0. The quantitative estimate of drug-likeness (QED) is 0.736. The van der Waals surface area contributed by atoms with E-state index in [0.717, 1.165) is 30.4 Å². The first-order valence-corrected chi connectivity index (χ1v) is 10.4. The fourth-order valence-corrected chi connectivity index (χ4v) is 3.51. The minimum atomic E-state index is -4.76. The van der Waals surface area contributed by atoms with Crippen molar-refractivity contribution in [1.29, 1.82) is 0 Å². The van der Waals surface area contributed by atoms with Crippen LogP contribution in [0.2, 0.25) is 5.02 Å². The van der Waals surface area contributed by atoms with Crippen molar-refractivity contribution < 1.29 is 26.4 Å². The van der Waals surface area contributed by atoms with E-state index in [-0.39, 0.29) is 5.69 Å². The van der Waals surface area contributed by atoms with Gasteiger partial charge in [-0.25, -0.2) is 8.42 Å². The standard InChI is InChI=1S/C18H18ClF3N2O3S/c1-3-12-4-6-13(7-5-12)23-17(25)11-24(28(2,26)27)14-8-9-16(19)15(10-14)18(20,21)22/h4-10H,3,11H2,1-2H3,(H,23,25). The number of rotatable bonds is 6. The number of aryl methyl sites for hydroxylation is 1. The Balaban J connectivity index is 2.28. The van der Waals surface area contributed by atoms with Crippen LogP contribution in [0.1, 0.15) is 18.1 Å². The van der Waals surface area contributed by atoms with Crippen molar-refractivity contribution in [2.45, 2.75) is 19.5 Å². The zero-order chi connectivity index (χ0) is 21.1. The summed E-state index contributed by atoms with van der Waals surface area (Å²) in [4.78, 5) is 12.3. The SMILES string of the molecule is CCc1ccc(NC(=O)CN(c2ccc(Cl)c(C(F)(F)F)c2)S(C)(=O)=O)cc1. The van der Waals surface area contributed by atoms with Crippen LogP contribution in [0.15, 0.2) is 42.5 Å². The maximum atomic E-state index is 13.1. The van der Waals surface area contributed by atoms with Crippen LogP contribution in [0, 0.1) is 0 Å². The van der Waals surface area contributed by atoms with Gasteiger partial charge in [-0.15, -0.1) is 0 Å². The fourth-order valence-electron chi connectivity index (χ4n) is 2.44. The molecule has 28 heavy (non-hydrogen) atoms. The van der Waals surface area contributed by atoms with Crippen molar-refractivity contribution in [3.8, 4) is 0 Å². The first-order chi connectivity index (χ1) is 12.9. The van der Waals surface area contributed by atoms with Crippen LogP contribution in [-0.2, 0) is 27.4 Å². The van der Waals surface area contributed by atoms with E-state index in [1.165, 1.54) is 0 Å². The Morgan fingerprint density at radius 3 is 2.25 bits per heavy atom. The van der Waals surface area contributed by atoms with Gasteiger partial charge in [-0.1, -0.05) is 30.7 Å². The number of nitrogens with zero attached hydrogens (tertiary/aromatic N) is 1. The molecule has 1 amide bonds. The summed E-state index contributed by atoms with van der Waals surface area (Å²) in [5, 5.41) is 1.96. The highest BCUT2D eigenvalue weighted by Gasteiger charge is 2.34. The second kappa shape index (κ2) is 8.40. The largest absolute Gasteiger partial charge is 0.417 e. The summed E-state index contributed by atoms with van der Waals surface area (Å²) in [5.74, 6) is -0.696. The van der Waals surface area contributed by atoms with Gasteiger partial charge in [-0.3, -0.25) is 9.10 Å². The summed E-state index contributed by atoms with van der Waals surface area (Å²) in [6.45, 7) is 1.28. The molecule has 0 aliphatic rings. The Hall–Kier alpha value is -2.26. The van der Waals surface area contributed by atoms with Gasteiger partial charge < -0.3 is 5.32 Å². The molecule has 0 radical (unpaired) electrons. The lowest BCUT2D eigenvalue weighted by atomic mass is 10.1. The lowest BCUT2D eigenvalue weighted by Gasteiger charge is -2.23. The number of nitrogens with one attached hydrogen (secondary N) is 1. The van der Waals surface area contributed by atoms with E-state index in [1.807, 2.05) is 6.92 Å². The molecule has 2 aromatic rings. The summed E-state index contributed by atoms with van der Waals surface area (Å²) < 4.78 is 64.0. The molecule has 5 nitrogen and oxygen atoms in total. The molecule has 0 saturated heterocycles. The molecule has 152 valence electrons. The topological polar surface area (TPSA) is 66.5 Å². The van der Waals surface area contributed by atoms with Crippen LogP contribution in [0.3, 0.4) is 0 Å². The molecule has 0 atom stereocenters. The normalized spacial score (nSPS) is 11.9. The third-order valence-corrected chi connectivity index (χ3v) is 5.35. The molecule has 0 aromatic heterocycles. The summed E-state index contributed by atoms with van der Waals surface area (Å²) in [5.41, 5.74) is 0.00549. The molecule has 1 N–H and O–H groups in total. The Morgan fingerprint density at radius 1 is 1.14 bits per heavy atom. The molecule has 2 aromatic carbocycles.